The van der Waals surface area contributed by atoms with Crippen molar-refractivity contribution < 1.29 is 4.42 Å². The van der Waals surface area contributed by atoms with E-state index in [9.17, 15) is 4.79 Å². The number of rotatable bonds is 5. The van der Waals surface area contributed by atoms with E-state index in [2.05, 4.69) is 49.1 Å². The first-order valence-corrected chi connectivity index (χ1v) is 9.88. The smallest absolute Gasteiger partial charge is 0.344 e. The van der Waals surface area contributed by atoms with Crippen LogP contribution in [-0.2, 0) is 0 Å². The van der Waals surface area contributed by atoms with Crippen LogP contribution in [0.4, 0.5) is 11.4 Å². The van der Waals surface area contributed by atoms with Gasteiger partial charge in [0, 0.05) is 29.9 Å². The molecule has 0 saturated heterocycles. The Hall–Kier alpha value is -3.53. The summed E-state index contributed by atoms with van der Waals surface area (Å²) in [5.74, 6) is 0. The van der Waals surface area contributed by atoms with E-state index in [4.69, 9.17) is 10.2 Å². The second-order valence-electron chi connectivity index (χ2n) is 7.04. The summed E-state index contributed by atoms with van der Waals surface area (Å²) in [6.45, 7) is 6.27. The lowest BCUT2D eigenvalue weighted by atomic mass is 10.0. The third-order valence-electron chi connectivity index (χ3n) is 5.29. The highest BCUT2D eigenvalue weighted by molar-refractivity contribution is 5.86. The Kier molecular flexibility index (Phi) is 5.09. The first kappa shape index (κ1) is 18.8. The average molecular weight is 384 g/mol. The molecule has 0 bridgehead atoms. The second-order valence-corrected chi connectivity index (χ2v) is 7.04. The first-order valence-electron chi connectivity index (χ1n) is 9.88. The molecule has 4 rings (SSSR count). The summed E-state index contributed by atoms with van der Waals surface area (Å²) in [7, 11) is 0. The molecule has 1 heterocycles. The molecule has 3 aromatic carbocycles. The van der Waals surface area contributed by atoms with Crippen molar-refractivity contribution in [2.75, 3.05) is 23.7 Å². The van der Waals surface area contributed by atoms with Gasteiger partial charge in [-0.3, -0.25) is 0 Å². The predicted octanol–water partition coefficient (Wildman–Crippen LogP) is 5.56. The van der Waals surface area contributed by atoms with Crippen LogP contribution in [-0.4, -0.2) is 13.1 Å². The molecule has 4 aromatic rings. The fourth-order valence-corrected chi connectivity index (χ4v) is 3.61. The molecule has 0 saturated carbocycles. The van der Waals surface area contributed by atoms with Gasteiger partial charge in [0.2, 0.25) is 0 Å². The minimum atomic E-state index is -0.351. The largest absolute Gasteiger partial charge is 0.422 e. The Labute approximate surface area is 170 Å². The van der Waals surface area contributed by atoms with Gasteiger partial charge in [0.15, 0.2) is 0 Å². The third kappa shape index (κ3) is 3.74. The van der Waals surface area contributed by atoms with Crippen molar-refractivity contribution >= 4 is 22.3 Å². The van der Waals surface area contributed by atoms with Crippen molar-refractivity contribution in [2.24, 2.45) is 0 Å². The zero-order chi connectivity index (χ0) is 20.4. The molecule has 0 amide bonds. The lowest BCUT2D eigenvalue weighted by molar-refractivity contribution is 0.563. The molecular formula is C25H24N2O2. The van der Waals surface area contributed by atoms with Crippen LogP contribution in [0.1, 0.15) is 13.8 Å². The minimum absolute atomic E-state index is 0.351. The second kappa shape index (κ2) is 7.84. The Balaban J connectivity index is 1.70. The number of nitrogen functional groups attached to an aromatic ring is 1. The molecule has 0 radical (unpaired) electrons. The van der Waals surface area contributed by atoms with Gasteiger partial charge in [-0.15, -0.1) is 0 Å². The van der Waals surface area contributed by atoms with Gasteiger partial charge in [0.25, 0.3) is 0 Å². The van der Waals surface area contributed by atoms with Crippen LogP contribution in [0.3, 0.4) is 0 Å². The van der Waals surface area contributed by atoms with Gasteiger partial charge in [-0.05, 0) is 66.9 Å². The zero-order valence-corrected chi connectivity index (χ0v) is 16.7. The number of nitrogens with two attached hydrogens (primary N) is 1. The molecule has 0 aliphatic carbocycles. The summed E-state index contributed by atoms with van der Waals surface area (Å²) >= 11 is 0. The zero-order valence-electron chi connectivity index (χ0n) is 16.7. The molecule has 0 fully saturated rings. The van der Waals surface area contributed by atoms with Crippen LogP contribution in [0.15, 0.2) is 82.0 Å². The van der Waals surface area contributed by atoms with Crippen LogP contribution < -0.4 is 16.3 Å². The fraction of sp³-hybridized carbons (Fsp3) is 0.160. The summed E-state index contributed by atoms with van der Waals surface area (Å²) in [6.07, 6.45) is 0. The Morgan fingerprint density at radius 3 is 2.07 bits per heavy atom. The summed E-state index contributed by atoms with van der Waals surface area (Å²) < 4.78 is 5.64. The molecule has 146 valence electrons. The van der Waals surface area contributed by atoms with E-state index in [0.29, 0.717) is 16.8 Å². The molecule has 4 heteroatoms. The number of hydrogen-bond acceptors (Lipinski definition) is 4. The van der Waals surface area contributed by atoms with Crippen molar-refractivity contribution in [1.82, 2.24) is 0 Å². The van der Waals surface area contributed by atoms with Gasteiger partial charge in [-0.1, -0.05) is 36.4 Å². The van der Waals surface area contributed by atoms with E-state index in [1.165, 1.54) is 5.69 Å². The van der Waals surface area contributed by atoms with Crippen LogP contribution in [0, 0.1) is 0 Å². The van der Waals surface area contributed by atoms with Crippen LogP contribution >= 0.6 is 0 Å². The average Bonchev–Trinajstić information content (AvgIpc) is 2.75. The molecular weight excluding hydrogens is 360 g/mol. The van der Waals surface area contributed by atoms with E-state index in [-0.39, 0.29) is 5.63 Å². The summed E-state index contributed by atoms with van der Waals surface area (Å²) in [5.41, 5.74) is 11.3. The van der Waals surface area contributed by atoms with E-state index < -0.39 is 0 Å². The minimum Gasteiger partial charge on any atom is -0.422 e. The predicted molar refractivity (Wildman–Crippen MR) is 121 cm³/mol. The molecule has 0 aliphatic heterocycles. The number of anilines is 2. The van der Waals surface area contributed by atoms with E-state index in [0.717, 1.165) is 35.2 Å². The summed E-state index contributed by atoms with van der Waals surface area (Å²) in [5, 5.41) is 0.889. The van der Waals surface area contributed by atoms with Crippen LogP contribution in [0.5, 0.6) is 0 Å². The maximum Gasteiger partial charge on any atom is 0.344 e. The molecule has 0 atom stereocenters. The topological polar surface area (TPSA) is 59.5 Å². The first-order chi connectivity index (χ1) is 14.1. The van der Waals surface area contributed by atoms with Gasteiger partial charge in [0.05, 0.1) is 5.56 Å². The molecule has 2 N–H and O–H groups in total. The van der Waals surface area contributed by atoms with E-state index in [1.807, 2.05) is 30.3 Å². The SMILES string of the molecule is CCN(CC)c1ccc(-c2ccc3cc(-c4ccc(N)cc4)c(=O)oc3c2)cc1. The van der Waals surface area contributed by atoms with Crippen molar-refractivity contribution in [1.29, 1.82) is 0 Å². The van der Waals surface area contributed by atoms with E-state index in [1.54, 1.807) is 12.1 Å². The van der Waals surface area contributed by atoms with Crippen LogP contribution in [0.25, 0.3) is 33.2 Å². The summed E-state index contributed by atoms with van der Waals surface area (Å²) in [4.78, 5) is 14.9. The van der Waals surface area contributed by atoms with Gasteiger partial charge in [-0.2, -0.15) is 0 Å². The van der Waals surface area contributed by atoms with E-state index >= 15 is 0 Å². The van der Waals surface area contributed by atoms with Crippen molar-refractivity contribution in [2.45, 2.75) is 13.8 Å². The lowest BCUT2D eigenvalue weighted by Gasteiger charge is -2.21. The maximum absolute atomic E-state index is 12.5. The number of hydrogen-bond donors (Lipinski definition) is 1. The summed E-state index contributed by atoms with van der Waals surface area (Å²) in [6, 6.07) is 23.6. The fourth-order valence-electron chi connectivity index (χ4n) is 3.61. The molecule has 0 aliphatic rings. The Morgan fingerprint density at radius 1 is 0.793 bits per heavy atom. The lowest BCUT2D eigenvalue weighted by Crippen LogP contribution is -2.21. The number of fused-ring (bicyclic) bond motifs is 1. The highest BCUT2D eigenvalue weighted by Gasteiger charge is 2.09. The highest BCUT2D eigenvalue weighted by atomic mass is 16.4. The van der Waals surface area contributed by atoms with Gasteiger partial charge < -0.3 is 15.1 Å². The van der Waals surface area contributed by atoms with Gasteiger partial charge in [-0.25, -0.2) is 4.79 Å². The van der Waals surface area contributed by atoms with Crippen LogP contribution in [0.2, 0.25) is 0 Å². The highest BCUT2D eigenvalue weighted by Crippen LogP contribution is 2.28. The monoisotopic (exact) mass is 384 g/mol. The Bertz CT molecular complexity index is 1190. The molecule has 1 aromatic heterocycles. The molecule has 29 heavy (non-hydrogen) atoms. The standard InChI is InChI=1S/C25H24N2O2/c1-3-27(4-2)22-13-9-17(10-14-22)19-5-6-20-15-23(25(28)29-24(20)16-19)18-7-11-21(26)12-8-18/h5-16H,3-4,26H2,1-2H3. The van der Waals surface area contributed by atoms with Gasteiger partial charge in [0.1, 0.15) is 5.58 Å². The van der Waals surface area contributed by atoms with Gasteiger partial charge >= 0.3 is 5.63 Å². The number of benzene rings is 3. The molecule has 0 spiro atoms. The number of nitrogens with zero attached hydrogens (tertiary/aromatic N) is 1. The Morgan fingerprint density at radius 2 is 1.41 bits per heavy atom. The van der Waals surface area contributed by atoms with Crippen molar-refractivity contribution in [3.05, 3.63) is 83.2 Å². The van der Waals surface area contributed by atoms with Crippen molar-refractivity contribution in [3.8, 4) is 22.3 Å². The maximum atomic E-state index is 12.5. The molecule has 0 unspecified atom stereocenters. The van der Waals surface area contributed by atoms with Crippen molar-refractivity contribution in [3.63, 3.8) is 0 Å². The molecule has 4 nitrogen and oxygen atoms in total. The normalized spacial score (nSPS) is 11.0. The quantitative estimate of drug-likeness (QED) is 0.362. The third-order valence-corrected chi connectivity index (χ3v) is 5.29.